The molecular weight excluding hydrogens is 841 g/mol. The first-order valence-electron chi connectivity index (χ1n) is 22.1. The van der Waals surface area contributed by atoms with E-state index in [2.05, 4.69) is 155 Å². The van der Waals surface area contributed by atoms with Gasteiger partial charge >= 0.3 is 0 Å². The summed E-state index contributed by atoms with van der Waals surface area (Å²) in [7, 11) is 0. The molecule has 8 aromatic carbocycles. The second-order valence-electron chi connectivity index (χ2n) is 16.4. The highest BCUT2D eigenvalue weighted by Gasteiger charge is 2.21. The van der Waals surface area contributed by atoms with Crippen LogP contribution in [0.5, 0.6) is 0 Å². The van der Waals surface area contributed by atoms with Gasteiger partial charge in [-0.15, -0.1) is 10.2 Å². The number of benzene rings is 8. The summed E-state index contributed by atoms with van der Waals surface area (Å²) in [5.74, 6) is 1.21. The summed E-state index contributed by atoms with van der Waals surface area (Å²) < 4.78 is 4.36. The Morgan fingerprint density at radius 1 is 0.269 bits per heavy atom. The van der Waals surface area contributed by atoms with Crippen molar-refractivity contribution in [1.82, 2.24) is 39.3 Å². The minimum Gasteiger partial charge on any atom is -0.278 e. The van der Waals surface area contributed by atoms with Gasteiger partial charge in [-0.1, -0.05) is 181 Å². The molecule has 13 rings (SSSR count). The van der Waals surface area contributed by atoms with Crippen LogP contribution in [0.15, 0.2) is 218 Å². The fourth-order valence-corrected chi connectivity index (χ4v) is 10.0. The van der Waals surface area contributed by atoms with Gasteiger partial charge in [0, 0.05) is 54.9 Å². The number of aromatic nitrogens is 8. The van der Waals surface area contributed by atoms with E-state index in [1.807, 2.05) is 72.8 Å². The van der Waals surface area contributed by atoms with E-state index in [1.165, 1.54) is 0 Å². The van der Waals surface area contributed by atoms with Gasteiger partial charge in [0.1, 0.15) is 10.0 Å². The number of hydrogen-bond acceptors (Lipinski definition) is 7. The summed E-state index contributed by atoms with van der Waals surface area (Å²) in [5, 5.41) is 15.7. The number of fused-ring (bicyclic) bond motifs is 6. The van der Waals surface area contributed by atoms with Crippen LogP contribution >= 0.6 is 11.3 Å². The maximum Gasteiger partial charge on any atom is 0.235 e. The van der Waals surface area contributed by atoms with Gasteiger partial charge in [-0.3, -0.25) is 9.13 Å². The smallest absolute Gasteiger partial charge is 0.235 e. The SMILES string of the molecule is c1ccc(-c2cc(-c3ccccc3)nc(-n3c4ccccc4c4cc(-c5nnc(-c6ccc7c8ccccc8n(-c8nc(-c9ccccc9)cc(-c9ccccc9)n8)c7c6)s5)ccc43)n2)cc1. The van der Waals surface area contributed by atoms with Crippen LogP contribution in [0, 0.1) is 0 Å². The van der Waals surface area contributed by atoms with Crippen LogP contribution in [0.3, 0.4) is 0 Å². The molecule has 0 aliphatic heterocycles. The molecule has 314 valence electrons. The van der Waals surface area contributed by atoms with Crippen molar-refractivity contribution in [3.8, 4) is 78.1 Å². The molecular formula is C58H36N8S. The first kappa shape index (κ1) is 38.5. The molecule has 0 fully saturated rings. The topological polar surface area (TPSA) is 87.2 Å². The van der Waals surface area contributed by atoms with Gasteiger partial charge in [-0.05, 0) is 48.5 Å². The summed E-state index contributed by atoms with van der Waals surface area (Å²) in [6.07, 6.45) is 0. The van der Waals surface area contributed by atoms with E-state index in [-0.39, 0.29) is 0 Å². The maximum atomic E-state index is 5.24. The summed E-state index contributed by atoms with van der Waals surface area (Å²) in [4.78, 5) is 20.9. The Kier molecular flexibility index (Phi) is 9.17. The summed E-state index contributed by atoms with van der Waals surface area (Å²) >= 11 is 1.58. The van der Waals surface area contributed by atoms with Crippen LogP contribution in [-0.4, -0.2) is 39.3 Å². The third-order valence-corrected chi connectivity index (χ3v) is 13.4. The van der Waals surface area contributed by atoms with E-state index >= 15 is 0 Å². The number of para-hydroxylation sites is 2. The molecule has 0 atom stereocenters. The van der Waals surface area contributed by atoms with Gasteiger partial charge < -0.3 is 0 Å². The fourth-order valence-electron chi connectivity index (χ4n) is 9.19. The largest absolute Gasteiger partial charge is 0.278 e. The van der Waals surface area contributed by atoms with Crippen LogP contribution in [0.1, 0.15) is 0 Å². The molecule has 0 aliphatic rings. The Hall–Kier alpha value is -8.92. The lowest BCUT2D eigenvalue weighted by Gasteiger charge is -2.12. The molecule has 5 aromatic heterocycles. The highest BCUT2D eigenvalue weighted by Crippen LogP contribution is 2.40. The molecule has 0 aliphatic carbocycles. The van der Waals surface area contributed by atoms with Crippen LogP contribution in [-0.2, 0) is 0 Å². The normalized spacial score (nSPS) is 11.6. The van der Waals surface area contributed by atoms with E-state index in [1.54, 1.807) is 11.3 Å². The van der Waals surface area contributed by atoms with E-state index in [4.69, 9.17) is 30.1 Å². The molecule has 0 saturated heterocycles. The number of hydrogen-bond donors (Lipinski definition) is 0. The molecule has 0 amide bonds. The molecule has 67 heavy (non-hydrogen) atoms. The van der Waals surface area contributed by atoms with Crippen molar-refractivity contribution in [3.05, 3.63) is 218 Å². The Balaban J connectivity index is 0.926. The average molecular weight is 877 g/mol. The van der Waals surface area contributed by atoms with E-state index in [9.17, 15) is 0 Å². The maximum absolute atomic E-state index is 5.24. The number of rotatable bonds is 8. The van der Waals surface area contributed by atoms with Crippen molar-refractivity contribution >= 4 is 54.9 Å². The third-order valence-electron chi connectivity index (χ3n) is 12.4. The van der Waals surface area contributed by atoms with Gasteiger partial charge in [-0.2, -0.15) is 0 Å². The molecule has 13 aromatic rings. The second kappa shape index (κ2) is 16.0. The zero-order valence-corrected chi connectivity index (χ0v) is 36.6. The quantitative estimate of drug-likeness (QED) is 0.151. The summed E-state index contributed by atoms with van der Waals surface area (Å²) in [6.45, 7) is 0. The van der Waals surface area contributed by atoms with Crippen LogP contribution in [0.25, 0.3) is 122 Å². The highest BCUT2D eigenvalue weighted by molar-refractivity contribution is 7.17. The minimum absolute atomic E-state index is 0.599. The lowest BCUT2D eigenvalue weighted by Crippen LogP contribution is -2.04. The molecule has 0 radical (unpaired) electrons. The third kappa shape index (κ3) is 6.76. The van der Waals surface area contributed by atoms with Crippen molar-refractivity contribution in [2.75, 3.05) is 0 Å². The molecule has 0 spiro atoms. The minimum atomic E-state index is 0.599. The Morgan fingerprint density at radius 2 is 0.627 bits per heavy atom. The highest BCUT2D eigenvalue weighted by atomic mass is 32.1. The van der Waals surface area contributed by atoms with Gasteiger partial charge in [0.05, 0.1) is 44.8 Å². The van der Waals surface area contributed by atoms with E-state index < -0.39 is 0 Å². The van der Waals surface area contributed by atoms with Crippen molar-refractivity contribution in [3.63, 3.8) is 0 Å². The van der Waals surface area contributed by atoms with Crippen molar-refractivity contribution in [2.24, 2.45) is 0 Å². The molecule has 0 saturated carbocycles. The number of nitrogens with zero attached hydrogens (tertiary/aromatic N) is 8. The van der Waals surface area contributed by atoms with Crippen LogP contribution < -0.4 is 0 Å². The monoisotopic (exact) mass is 876 g/mol. The average Bonchev–Trinajstić information content (AvgIpc) is 4.12. The fraction of sp³-hybridized carbons (Fsp3) is 0. The van der Waals surface area contributed by atoms with Gasteiger partial charge in [0.15, 0.2) is 0 Å². The van der Waals surface area contributed by atoms with Gasteiger partial charge in [-0.25, -0.2) is 19.9 Å². The van der Waals surface area contributed by atoms with Gasteiger partial charge in [0.25, 0.3) is 0 Å². The van der Waals surface area contributed by atoms with Gasteiger partial charge in [0.2, 0.25) is 11.9 Å². The Morgan fingerprint density at radius 3 is 1.10 bits per heavy atom. The molecule has 0 bridgehead atoms. The predicted octanol–water partition coefficient (Wildman–Crippen LogP) is 14.3. The standard InChI is InChI=1S/C58H36N8S/c1-5-17-37(18-6-1)47-35-48(38-19-7-2-8-20-38)60-57(59-47)65-52-28-16-14-26-44(52)46-33-41(30-32-53(46)65)55-63-64-56(67-55)42-29-31-45-43-25-13-15-27-51(43)66(54(45)34-42)58-61-49(39-21-9-3-10-22-39)36-50(62-58)40-23-11-4-12-24-40/h1-36H. The first-order valence-corrected chi connectivity index (χ1v) is 22.9. The first-order chi connectivity index (χ1) is 33.2. The lowest BCUT2D eigenvalue weighted by molar-refractivity contribution is 0.995. The van der Waals surface area contributed by atoms with Crippen molar-refractivity contribution in [2.45, 2.75) is 0 Å². The molecule has 5 heterocycles. The second-order valence-corrected chi connectivity index (χ2v) is 17.4. The summed E-state index contributed by atoms with van der Waals surface area (Å²) in [5.41, 5.74) is 13.5. The van der Waals surface area contributed by atoms with E-state index in [0.29, 0.717) is 11.9 Å². The van der Waals surface area contributed by atoms with E-state index in [0.717, 1.165) is 110 Å². The predicted molar refractivity (Wildman–Crippen MR) is 272 cm³/mol. The lowest BCUT2D eigenvalue weighted by atomic mass is 10.1. The van der Waals surface area contributed by atoms with Crippen LogP contribution in [0.4, 0.5) is 0 Å². The molecule has 0 unspecified atom stereocenters. The molecule has 8 nitrogen and oxygen atoms in total. The summed E-state index contributed by atoms with van der Waals surface area (Å²) in [6, 6.07) is 75.3. The Bertz CT molecular complexity index is 3860. The van der Waals surface area contributed by atoms with Crippen molar-refractivity contribution in [1.29, 1.82) is 0 Å². The molecule has 0 N–H and O–H groups in total. The zero-order valence-electron chi connectivity index (χ0n) is 35.8. The zero-order chi connectivity index (χ0) is 44.3. The van der Waals surface area contributed by atoms with Crippen LogP contribution in [0.2, 0.25) is 0 Å². The van der Waals surface area contributed by atoms with Crippen molar-refractivity contribution < 1.29 is 0 Å². The Labute approximate surface area is 388 Å². The molecule has 9 heteroatoms.